The molecule has 0 saturated carbocycles. The van der Waals surface area contributed by atoms with Crippen LogP contribution in [0.15, 0.2) is 176 Å². The third-order valence-electron chi connectivity index (χ3n) is 9.96. The number of nitrogens with zero attached hydrogens (tertiary/aromatic N) is 1. The van der Waals surface area contributed by atoms with E-state index in [1.807, 2.05) is 0 Å². The fourth-order valence-electron chi connectivity index (χ4n) is 7.62. The summed E-state index contributed by atoms with van der Waals surface area (Å²) < 4.78 is 2.41. The van der Waals surface area contributed by atoms with Crippen molar-refractivity contribution in [2.75, 3.05) is 0 Å². The summed E-state index contributed by atoms with van der Waals surface area (Å²) in [6.45, 7) is 0. The van der Waals surface area contributed by atoms with Crippen molar-refractivity contribution in [1.29, 1.82) is 0 Å². The van der Waals surface area contributed by atoms with Gasteiger partial charge in [0.05, 0.1) is 11.0 Å². The summed E-state index contributed by atoms with van der Waals surface area (Å²) in [5.74, 6) is 0. The maximum atomic E-state index is 2.41. The van der Waals surface area contributed by atoms with Crippen LogP contribution in [0.2, 0.25) is 0 Å². The Morgan fingerprint density at radius 2 is 0.723 bits per heavy atom. The second-order valence-electron chi connectivity index (χ2n) is 12.6. The van der Waals surface area contributed by atoms with E-state index in [9.17, 15) is 0 Å². The Labute approximate surface area is 272 Å². The van der Waals surface area contributed by atoms with E-state index in [0.717, 1.165) is 0 Å². The molecular formula is C46H29N. The zero-order valence-electron chi connectivity index (χ0n) is 25.7. The van der Waals surface area contributed by atoms with Crippen molar-refractivity contribution < 1.29 is 0 Å². The van der Waals surface area contributed by atoms with Crippen molar-refractivity contribution in [2.45, 2.75) is 0 Å². The molecular weight excluding hydrogens is 567 g/mol. The van der Waals surface area contributed by atoms with Crippen LogP contribution in [0.25, 0.3) is 92.8 Å². The van der Waals surface area contributed by atoms with Crippen molar-refractivity contribution >= 4 is 64.9 Å². The van der Waals surface area contributed by atoms with Crippen LogP contribution in [0.4, 0.5) is 0 Å². The number of hydrogen-bond donors (Lipinski definition) is 0. The first-order chi connectivity index (χ1) is 23.3. The molecule has 218 valence electrons. The van der Waals surface area contributed by atoms with E-state index in [2.05, 4.69) is 180 Å². The Kier molecular flexibility index (Phi) is 5.64. The van der Waals surface area contributed by atoms with Crippen LogP contribution in [0.5, 0.6) is 0 Å². The van der Waals surface area contributed by atoms with Crippen molar-refractivity contribution in [3.05, 3.63) is 176 Å². The van der Waals surface area contributed by atoms with E-state index in [4.69, 9.17) is 0 Å². The van der Waals surface area contributed by atoms with Gasteiger partial charge in [-0.15, -0.1) is 0 Å². The molecule has 0 amide bonds. The summed E-state index contributed by atoms with van der Waals surface area (Å²) >= 11 is 0. The first-order valence-corrected chi connectivity index (χ1v) is 16.3. The zero-order valence-corrected chi connectivity index (χ0v) is 25.7. The fraction of sp³-hybridized carbons (Fsp3) is 0. The predicted molar refractivity (Wildman–Crippen MR) is 202 cm³/mol. The number of aromatic nitrogens is 1. The Balaban J connectivity index is 1.05. The van der Waals surface area contributed by atoms with E-state index in [0.29, 0.717) is 0 Å². The molecule has 0 spiro atoms. The molecule has 10 aromatic rings. The summed E-state index contributed by atoms with van der Waals surface area (Å²) in [4.78, 5) is 0. The average molecular weight is 596 g/mol. The van der Waals surface area contributed by atoms with Gasteiger partial charge in [-0.2, -0.15) is 0 Å². The number of hydrogen-bond acceptors (Lipinski definition) is 0. The van der Waals surface area contributed by atoms with Gasteiger partial charge in [0.15, 0.2) is 0 Å². The molecule has 1 heteroatoms. The molecule has 0 unspecified atom stereocenters. The van der Waals surface area contributed by atoms with Gasteiger partial charge in [0.25, 0.3) is 0 Å². The second kappa shape index (κ2) is 10.2. The molecule has 47 heavy (non-hydrogen) atoms. The first kappa shape index (κ1) is 26.1. The monoisotopic (exact) mass is 595 g/mol. The molecule has 1 nitrogen and oxygen atoms in total. The lowest BCUT2D eigenvalue weighted by atomic mass is 9.96. The van der Waals surface area contributed by atoms with Crippen molar-refractivity contribution in [3.8, 4) is 27.9 Å². The summed E-state index contributed by atoms with van der Waals surface area (Å²) in [6, 6.07) is 64.6. The summed E-state index contributed by atoms with van der Waals surface area (Å²) in [5.41, 5.74) is 8.53. The maximum Gasteiger partial charge on any atom is 0.0541 e. The van der Waals surface area contributed by atoms with Gasteiger partial charge in [-0.3, -0.25) is 0 Å². The fourth-order valence-corrected chi connectivity index (χ4v) is 7.62. The molecule has 0 fully saturated rings. The number of benzene rings is 9. The van der Waals surface area contributed by atoms with Gasteiger partial charge in [0, 0.05) is 16.5 Å². The van der Waals surface area contributed by atoms with E-state index in [-0.39, 0.29) is 0 Å². The average Bonchev–Trinajstić information content (AvgIpc) is 3.48. The molecule has 10 rings (SSSR count). The van der Waals surface area contributed by atoms with Crippen LogP contribution < -0.4 is 0 Å². The largest absolute Gasteiger partial charge is 0.309 e. The highest BCUT2D eigenvalue weighted by molar-refractivity contribution is 6.12. The minimum absolute atomic E-state index is 1.18. The highest BCUT2D eigenvalue weighted by Gasteiger charge is 2.14. The van der Waals surface area contributed by atoms with Gasteiger partial charge in [-0.25, -0.2) is 0 Å². The molecule has 1 heterocycles. The molecule has 1 aromatic heterocycles. The number of fused-ring (bicyclic) bond motifs is 9. The van der Waals surface area contributed by atoms with Crippen molar-refractivity contribution in [1.82, 2.24) is 4.57 Å². The van der Waals surface area contributed by atoms with E-state index < -0.39 is 0 Å². The SMILES string of the molecule is c1ccc2c(c1)ccc1cc(-c3ccc(-c4ccc5c(c4)c4ccccc4n5-c4ccc5c(ccc6ccccc65)c4)cc3)ccc12. The normalized spacial score (nSPS) is 11.8. The van der Waals surface area contributed by atoms with Crippen LogP contribution >= 0.6 is 0 Å². The van der Waals surface area contributed by atoms with E-state index in [1.165, 1.54) is 92.8 Å². The molecule has 9 aromatic carbocycles. The first-order valence-electron chi connectivity index (χ1n) is 16.3. The highest BCUT2D eigenvalue weighted by Crippen LogP contribution is 2.37. The third-order valence-corrected chi connectivity index (χ3v) is 9.96. The van der Waals surface area contributed by atoms with Gasteiger partial charge < -0.3 is 4.57 Å². The minimum atomic E-state index is 1.18. The van der Waals surface area contributed by atoms with Gasteiger partial charge in [-0.05, 0) is 102 Å². The highest BCUT2D eigenvalue weighted by atomic mass is 15.0. The predicted octanol–water partition coefficient (Wildman–Crippen LogP) is 12.7. The van der Waals surface area contributed by atoms with Gasteiger partial charge >= 0.3 is 0 Å². The van der Waals surface area contributed by atoms with Crippen LogP contribution in [-0.2, 0) is 0 Å². The Bertz CT molecular complexity index is 2830. The van der Waals surface area contributed by atoms with E-state index >= 15 is 0 Å². The van der Waals surface area contributed by atoms with Crippen LogP contribution in [0.1, 0.15) is 0 Å². The minimum Gasteiger partial charge on any atom is -0.309 e. The lowest BCUT2D eigenvalue weighted by Gasteiger charge is -2.11. The summed E-state index contributed by atoms with van der Waals surface area (Å²) in [5, 5.41) is 12.8. The van der Waals surface area contributed by atoms with Crippen LogP contribution in [0, 0.1) is 0 Å². The lowest BCUT2D eigenvalue weighted by molar-refractivity contribution is 1.19. The topological polar surface area (TPSA) is 4.93 Å². The zero-order chi connectivity index (χ0) is 30.9. The second-order valence-corrected chi connectivity index (χ2v) is 12.6. The molecule has 0 bridgehead atoms. The number of para-hydroxylation sites is 1. The van der Waals surface area contributed by atoms with Crippen molar-refractivity contribution in [2.24, 2.45) is 0 Å². The quantitative estimate of drug-likeness (QED) is 0.179. The maximum absolute atomic E-state index is 2.41. The van der Waals surface area contributed by atoms with Gasteiger partial charge in [0.2, 0.25) is 0 Å². The molecule has 0 aliphatic carbocycles. The lowest BCUT2D eigenvalue weighted by Crippen LogP contribution is -1.94. The molecule has 0 atom stereocenters. The molecule has 0 aliphatic heterocycles. The summed E-state index contributed by atoms with van der Waals surface area (Å²) in [6.07, 6.45) is 0. The molecule has 0 saturated heterocycles. The van der Waals surface area contributed by atoms with Gasteiger partial charge in [0.1, 0.15) is 0 Å². The smallest absolute Gasteiger partial charge is 0.0541 e. The Hall–Kier alpha value is -6.18. The number of rotatable bonds is 3. The molecule has 0 radical (unpaired) electrons. The molecule has 0 N–H and O–H groups in total. The summed E-state index contributed by atoms with van der Waals surface area (Å²) in [7, 11) is 0. The third kappa shape index (κ3) is 4.10. The molecule has 0 aliphatic rings. The van der Waals surface area contributed by atoms with Crippen molar-refractivity contribution in [3.63, 3.8) is 0 Å². The van der Waals surface area contributed by atoms with Gasteiger partial charge in [-0.1, -0.05) is 140 Å². The standard InChI is InChI=1S/C46H29N/c1-3-9-39-32(7-1)17-19-36-27-34(21-24-41(36)39)30-13-15-31(16-14-30)35-22-26-46-44(29-35)43-11-5-6-12-45(43)47(46)38-23-25-42-37(28-38)20-18-33-8-2-4-10-40(33)42/h1-29H. The Morgan fingerprint density at radius 1 is 0.255 bits per heavy atom. The van der Waals surface area contributed by atoms with Crippen LogP contribution in [-0.4, -0.2) is 4.57 Å². The van der Waals surface area contributed by atoms with Crippen LogP contribution in [0.3, 0.4) is 0 Å². The van der Waals surface area contributed by atoms with E-state index in [1.54, 1.807) is 0 Å². The Morgan fingerprint density at radius 3 is 1.43 bits per heavy atom.